The molecule has 2 amide bonds. The first-order valence-electron chi connectivity index (χ1n) is 14.9. The molecule has 0 unspecified atom stereocenters. The Morgan fingerprint density at radius 3 is 2.51 bits per heavy atom. The molecule has 0 atom stereocenters. The third kappa shape index (κ3) is 7.95. The van der Waals surface area contributed by atoms with Crippen molar-refractivity contribution in [1.29, 1.82) is 0 Å². The van der Waals surface area contributed by atoms with E-state index in [1.165, 1.54) is 6.42 Å². The quantitative estimate of drug-likeness (QED) is 0.180. The molecule has 11 nitrogen and oxygen atoms in total. The van der Waals surface area contributed by atoms with Crippen molar-refractivity contribution in [3.8, 4) is 11.3 Å². The molecule has 0 radical (unpaired) electrons. The van der Waals surface area contributed by atoms with E-state index in [4.69, 9.17) is 4.74 Å². The standard InChI is InChI=1S/C31H42N8O3Si/c1-22-27(15-26(18-32-22)35-29(40)20-38-9-7-6-8-10-38)36-31(41)24-13-23-14-28(25-17-34-37(2)19-25)39(30(23)33-16-24)21-42-11-12-43(3,4)5/h13-19H,6-12,20-21H2,1-5H3,(H,35,40)(H,36,41). The lowest BCUT2D eigenvalue weighted by Crippen LogP contribution is -2.36. The first kappa shape index (κ1) is 30.6. The van der Waals surface area contributed by atoms with Crippen molar-refractivity contribution in [2.75, 3.05) is 36.9 Å². The van der Waals surface area contributed by atoms with Gasteiger partial charge in [-0.15, -0.1) is 0 Å². The highest BCUT2D eigenvalue weighted by Crippen LogP contribution is 2.28. The number of likely N-dealkylation sites (tertiary alicyclic amines) is 1. The minimum absolute atomic E-state index is 0.0853. The third-order valence-corrected chi connectivity index (χ3v) is 9.35. The van der Waals surface area contributed by atoms with Gasteiger partial charge >= 0.3 is 0 Å². The number of aromatic nitrogens is 5. The van der Waals surface area contributed by atoms with Gasteiger partial charge in [0.15, 0.2) is 0 Å². The van der Waals surface area contributed by atoms with Crippen LogP contribution < -0.4 is 10.6 Å². The Kier molecular flexibility index (Phi) is 9.38. The van der Waals surface area contributed by atoms with Crippen LogP contribution in [0.25, 0.3) is 22.3 Å². The van der Waals surface area contributed by atoms with Crippen molar-refractivity contribution in [3.63, 3.8) is 0 Å². The first-order valence-corrected chi connectivity index (χ1v) is 18.6. The van der Waals surface area contributed by atoms with Crippen molar-refractivity contribution < 1.29 is 14.3 Å². The van der Waals surface area contributed by atoms with E-state index in [1.54, 1.807) is 23.1 Å². The van der Waals surface area contributed by atoms with Crippen LogP contribution in [0.4, 0.5) is 11.4 Å². The molecule has 12 heteroatoms. The second kappa shape index (κ2) is 13.2. The van der Waals surface area contributed by atoms with E-state index in [1.807, 2.05) is 43.1 Å². The molecule has 4 aromatic rings. The number of piperidine rings is 1. The van der Waals surface area contributed by atoms with Gasteiger partial charge in [-0.1, -0.05) is 26.1 Å². The number of rotatable bonds is 11. The molecule has 0 bridgehead atoms. The highest BCUT2D eigenvalue weighted by atomic mass is 28.3. The molecule has 1 aliphatic rings. The maximum absolute atomic E-state index is 13.4. The molecule has 1 saturated heterocycles. The molecule has 43 heavy (non-hydrogen) atoms. The molecular formula is C31H42N8O3Si. The maximum atomic E-state index is 13.4. The van der Waals surface area contributed by atoms with Crippen LogP contribution in [0.5, 0.6) is 0 Å². The molecule has 5 rings (SSSR count). The summed E-state index contributed by atoms with van der Waals surface area (Å²) in [4.78, 5) is 37.2. The summed E-state index contributed by atoms with van der Waals surface area (Å²) in [7, 11) is 0.663. The van der Waals surface area contributed by atoms with Crippen LogP contribution >= 0.6 is 0 Å². The van der Waals surface area contributed by atoms with Crippen molar-refractivity contribution >= 4 is 42.3 Å². The van der Waals surface area contributed by atoms with Crippen molar-refractivity contribution in [1.82, 2.24) is 29.2 Å². The molecule has 0 aliphatic carbocycles. The topological polar surface area (TPSA) is 119 Å². The molecule has 4 aromatic heterocycles. The van der Waals surface area contributed by atoms with Crippen LogP contribution in [0.3, 0.4) is 0 Å². The molecule has 0 spiro atoms. The van der Waals surface area contributed by atoms with Gasteiger partial charge in [0.1, 0.15) is 12.4 Å². The predicted octanol–water partition coefficient (Wildman–Crippen LogP) is 5.13. The van der Waals surface area contributed by atoms with Crippen LogP contribution in [0.2, 0.25) is 25.7 Å². The number of hydrogen-bond acceptors (Lipinski definition) is 7. The Balaban J connectivity index is 1.32. The molecule has 2 N–H and O–H groups in total. The van der Waals surface area contributed by atoms with Gasteiger partial charge in [0.05, 0.1) is 47.3 Å². The number of carbonyl (C=O) groups is 2. The van der Waals surface area contributed by atoms with Gasteiger partial charge < -0.3 is 19.9 Å². The molecule has 1 fully saturated rings. The van der Waals surface area contributed by atoms with Crippen molar-refractivity contribution in [3.05, 3.63) is 54.2 Å². The average Bonchev–Trinajstić information content (AvgIpc) is 3.55. The summed E-state index contributed by atoms with van der Waals surface area (Å²) in [6.45, 7) is 12.1. The molecule has 0 saturated carbocycles. The first-order chi connectivity index (χ1) is 20.6. The van der Waals surface area contributed by atoms with E-state index in [0.717, 1.165) is 54.3 Å². The van der Waals surface area contributed by atoms with Gasteiger partial charge in [-0.05, 0) is 57.1 Å². The fourth-order valence-electron chi connectivity index (χ4n) is 5.17. The SMILES string of the molecule is Cc1ncc(NC(=O)CN2CCCCC2)cc1NC(=O)c1cnc2c(c1)cc(-c1cnn(C)c1)n2COCC[Si](C)(C)C. The van der Waals surface area contributed by atoms with Crippen LogP contribution in [0.15, 0.2) is 43.0 Å². The predicted molar refractivity (Wildman–Crippen MR) is 172 cm³/mol. The third-order valence-electron chi connectivity index (χ3n) is 7.65. The smallest absolute Gasteiger partial charge is 0.257 e. The zero-order valence-electron chi connectivity index (χ0n) is 25.8. The monoisotopic (exact) mass is 602 g/mol. The van der Waals surface area contributed by atoms with E-state index in [-0.39, 0.29) is 11.8 Å². The average molecular weight is 603 g/mol. The summed E-state index contributed by atoms with van der Waals surface area (Å²) >= 11 is 0. The van der Waals surface area contributed by atoms with E-state index >= 15 is 0 Å². The summed E-state index contributed by atoms with van der Waals surface area (Å²) in [5.41, 5.74) is 4.75. The van der Waals surface area contributed by atoms with E-state index < -0.39 is 8.07 Å². The largest absolute Gasteiger partial charge is 0.361 e. The van der Waals surface area contributed by atoms with E-state index in [0.29, 0.717) is 42.5 Å². The number of hydrogen-bond donors (Lipinski definition) is 2. The number of pyridine rings is 2. The van der Waals surface area contributed by atoms with Gasteiger partial charge in [0.25, 0.3) is 5.91 Å². The number of amides is 2. The number of carbonyl (C=O) groups excluding carboxylic acids is 2. The lowest BCUT2D eigenvalue weighted by molar-refractivity contribution is -0.117. The van der Waals surface area contributed by atoms with Crippen LogP contribution in [-0.2, 0) is 23.3 Å². The van der Waals surface area contributed by atoms with Gasteiger partial charge in [-0.2, -0.15) is 5.10 Å². The summed E-state index contributed by atoms with van der Waals surface area (Å²) in [6.07, 6.45) is 10.4. The summed E-state index contributed by atoms with van der Waals surface area (Å²) < 4.78 is 9.88. The molecule has 228 valence electrons. The number of fused-ring (bicyclic) bond motifs is 1. The number of ether oxygens (including phenoxy) is 1. The second-order valence-corrected chi connectivity index (χ2v) is 18.2. The second-order valence-electron chi connectivity index (χ2n) is 12.5. The van der Waals surface area contributed by atoms with Crippen LogP contribution in [-0.4, -0.2) is 75.3 Å². The van der Waals surface area contributed by atoms with Gasteiger partial charge in [0, 0.05) is 45.1 Å². The highest BCUT2D eigenvalue weighted by molar-refractivity contribution is 6.76. The molecular weight excluding hydrogens is 560 g/mol. The van der Waals surface area contributed by atoms with Crippen molar-refractivity contribution in [2.24, 2.45) is 7.05 Å². The minimum Gasteiger partial charge on any atom is -0.361 e. The van der Waals surface area contributed by atoms with Crippen LogP contribution in [0.1, 0.15) is 35.3 Å². The van der Waals surface area contributed by atoms with E-state index in [9.17, 15) is 9.59 Å². The maximum Gasteiger partial charge on any atom is 0.257 e. The zero-order chi connectivity index (χ0) is 30.6. The fraction of sp³-hybridized carbons (Fsp3) is 0.452. The fourth-order valence-corrected chi connectivity index (χ4v) is 5.93. The Morgan fingerprint density at radius 1 is 1.00 bits per heavy atom. The van der Waals surface area contributed by atoms with E-state index in [2.05, 4.69) is 50.2 Å². The lowest BCUT2D eigenvalue weighted by atomic mass is 10.1. The highest BCUT2D eigenvalue weighted by Gasteiger charge is 2.19. The zero-order valence-corrected chi connectivity index (χ0v) is 26.8. The van der Waals surface area contributed by atoms with Gasteiger partial charge in [-0.25, -0.2) is 4.98 Å². The Hall–Kier alpha value is -3.87. The number of aryl methyl sites for hydroxylation is 2. The Morgan fingerprint density at radius 2 is 1.79 bits per heavy atom. The Labute approximate surface area is 253 Å². The minimum atomic E-state index is -1.22. The Bertz CT molecular complexity index is 1600. The van der Waals surface area contributed by atoms with Crippen LogP contribution in [0, 0.1) is 6.92 Å². The lowest BCUT2D eigenvalue weighted by Gasteiger charge is -2.25. The molecule has 1 aliphatic heterocycles. The number of nitrogens with one attached hydrogen (secondary N) is 2. The molecule has 5 heterocycles. The number of anilines is 2. The van der Waals surface area contributed by atoms with Gasteiger partial charge in [0.2, 0.25) is 5.91 Å². The summed E-state index contributed by atoms with van der Waals surface area (Å²) in [6, 6.07) is 6.67. The number of nitrogens with zero attached hydrogens (tertiary/aromatic N) is 6. The molecule has 0 aromatic carbocycles. The summed E-state index contributed by atoms with van der Waals surface area (Å²) in [5, 5.41) is 11.0. The van der Waals surface area contributed by atoms with Crippen molar-refractivity contribution in [2.45, 2.75) is 58.6 Å². The summed E-state index contributed by atoms with van der Waals surface area (Å²) in [5.74, 6) is -0.393. The van der Waals surface area contributed by atoms with Gasteiger partial charge in [-0.3, -0.25) is 24.2 Å². The normalized spacial score (nSPS) is 14.3.